The highest BCUT2D eigenvalue weighted by atomic mass is 32.2. The molecule has 1 aliphatic heterocycles. The number of nitrogens with one attached hydrogen (secondary N) is 1. The number of imidazole rings is 1. The molecule has 18 heavy (non-hydrogen) atoms. The minimum atomic E-state index is -3.66. The normalized spacial score (nSPS) is 21.7. The summed E-state index contributed by atoms with van der Waals surface area (Å²) in [7, 11) is -3.66. The second kappa shape index (κ2) is 4.04. The Hall–Kier alpha value is -1.44. The largest absolute Gasteiger partial charge is 0.341 e. The number of benzene rings is 1. The van der Waals surface area contributed by atoms with Gasteiger partial charge in [-0.25, -0.2) is 10.1 Å². The summed E-state index contributed by atoms with van der Waals surface area (Å²) in [6, 6.07) is 7.36. The Morgan fingerprint density at radius 2 is 2.17 bits per heavy atom. The first-order valence-electron chi connectivity index (χ1n) is 5.80. The second-order valence-electron chi connectivity index (χ2n) is 4.45. The lowest BCUT2D eigenvalue weighted by atomic mass is 10.2. The molecule has 1 aromatic heterocycles. The zero-order valence-corrected chi connectivity index (χ0v) is 10.5. The van der Waals surface area contributed by atoms with Gasteiger partial charge >= 0.3 is 0 Å². The number of aromatic amines is 1. The third-order valence-corrected chi connectivity index (χ3v) is 4.34. The van der Waals surface area contributed by atoms with Crippen LogP contribution in [0.3, 0.4) is 0 Å². The minimum absolute atomic E-state index is 0.271. The number of hydrogen-bond donors (Lipinski definition) is 2. The molecule has 3 rings (SSSR count). The molecule has 1 atom stereocenters. The van der Waals surface area contributed by atoms with E-state index in [1.165, 1.54) is 4.31 Å². The van der Waals surface area contributed by atoms with Gasteiger partial charge in [-0.05, 0) is 25.0 Å². The molecule has 0 amide bonds. The molecule has 0 unspecified atom stereocenters. The summed E-state index contributed by atoms with van der Waals surface area (Å²) in [4.78, 5) is 7.61. The van der Waals surface area contributed by atoms with E-state index >= 15 is 0 Å². The Morgan fingerprint density at radius 1 is 1.39 bits per heavy atom. The highest BCUT2D eigenvalue weighted by molar-refractivity contribution is 7.86. The van der Waals surface area contributed by atoms with E-state index in [1.54, 1.807) is 0 Å². The third kappa shape index (κ3) is 1.90. The summed E-state index contributed by atoms with van der Waals surface area (Å²) in [5.41, 5.74) is 1.75. The number of hydrogen-bond acceptors (Lipinski definition) is 3. The maximum atomic E-state index is 11.5. The van der Waals surface area contributed by atoms with E-state index in [9.17, 15) is 8.42 Å². The van der Waals surface area contributed by atoms with Crippen molar-refractivity contribution in [3.05, 3.63) is 30.1 Å². The Labute approximate surface area is 105 Å². The van der Waals surface area contributed by atoms with Crippen molar-refractivity contribution in [2.75, 3.05) is 6.54 Å². The monoisotopic (exact) mass is 266 g/mol. The average molecular weight is 266 g/mol. The Morgan fingerprint density at radius 3 is 2.89 bits per heavy atom. The lowest BCUT2D eigenvalue weighted by Gasteiger charge is -2.19. The van der Waals surface area contributed by atoms with Crippen LogP contribution in [-0.4, -0.2) is 29.2 Å². The Balaban J connectivity index is 2.03. The van der Waals surface area contributed by atoms with E-state index in [-0.39, 0.29) is 6.04 Å². The van der Waals surface area contributed by atoms with Crippen LogP contribution in [0.5, 0.6) is 0 Å². The average Bonchev–Trinajstić information content (AvgIpc) is 2.94. The number of nitrogens with zero attached hydrogens (tertiary/aromatic N) is 2. The summed E-state index contributed by atoms with van der Waals surface area (Å²) >= 11 is 0. The number of H-pyrrole nitrogens is 1. The molecular formula is C11H14N4O2S. The molecule has 0 aliphatic carbocycles. The van der Waals surface area contributed by atoms with Gasteiger partial charge in [-0.2, -0.15) is 12.7 Å². The van der Waals surface area contributed by atoms with Gasteiger partial charge in [0, 0.05) is 6.54 Å². The molecular weight excluding hydrogens is 252 g/mol. The number of rotatable bonds is 2. The zero-order chi connectivity index (χ0) is 12.8. The lowest BCUT2D eigenvalue weighted by Crippen LogP contribution is -2.36. The predicted octanol–water partition coefficient (Wildman–Crippen LogP) is 0.903. The molecule has 0 radical (unpaired) electrons. The first kappa shape index (κ1) is 11.6. The van der Waals surface area contributed by atoms with Gasteiger partial charge in [0.2, 0.25) is 0 Å². The van der Waals surface area contributed by atoms with Gasteiger partial charge in [-0.15, -0.1) is 0 Å². The van der Waals surface area contributed by atoms with Crippen LogP contribution in [0.4, 0.5) is 0 Å². The van der Waals surface area contributed by atoms with Crippen molar-refractivity contribution in [3.63, 3.8) is 0 Å². The summed E-state index contributed by atoms with van der Waals surface area (Å²) in [6.45, 7) is 0.459. The Kier molecular flexibility index (Phi) is 2.61. The molecule has 1 saturated heterocycles. The van der Waals surface area contributed by atoms with Crippen LogP contribution in [-0.2, 0) is 10.2 Å². The van der Waals surface area contributed by atoms with Gasteiger partial charge in [0.15, 0.2) is 0 Å². The molecule has 2 aromatic rings. The van der Waals surface area contributed by atoms with Crippen LogP contribution in [0, 0.1) is 0 Å². The Bertz CT molecular complexity index is 646. The summed E-state index contributed by atoms with van der Waals surface area (Å²) in [5.74, 6) is 0.669. The number of aromatic nitrogens is 2. The first-order valence-corrected chi connectivity index (χ1v) is 7.30. The highest BCUT2D eigenvalue weighted by Crippen LogP contribution is 2.32. The number of nitrogens with two attached hydrogens (primary N) is 1. The van der Waals surface area contributed by atoms with E-state index in [1.807, 2.05) is 24.3 Å². The molecule has 1 aliphatic rings. The van der Waals surface area contributed by atoms with Gasteiger partial charge in [0.05, 0.1) is 17.1 Å². The summed E-state index contributed by atoms with van der Waals surface area (Å²) in [5, 5.41) is 5.22. The van der Waals surface area contributed by atoms with Gasteiger partial charge in [0.25, 0.3) is 10.2 Å². The second-order valence-corrected chi connectivity index (χ2v) is 5.95. The summed E-state index contributed by atoms with van der Waals surface area (Å²) < 4.78 is 24.3. The van der Waals surface area contributed by atoms with Crippen LogP contribution < -0.4 is 5.14 Å². The van der Waals surface area contributed by atoms with Crippen molar-refractivity contribution in [1.29, 1.82) is 0 Å². The highest BCUT2D eigenvalue weighted by Gasteiger charge is 2.34. The standard InChI is InChI=1S/C11H14N4O2S/c12-18(16,17)15-7-3-6-10(15)11-13-8-4-1-2-5-9(8)14-11/h1-2,4-5,10H,3,6-7H2,(H,13,14)(H2,12,16,17)/t10-/m0/s1. The molecule has 6 nitrogen and oxygen atoms in total. The van der Waals surface area contributed by atoms with Crippen molar-refractivity contribution in [3.8, 4) is 0 Å². The van der Waals surface area contributed by atoms with Crippen LogP contribution in [0.1, 0.15) is 24.7 Å². The van der Waals surface area contributed by atoms with E-state index in [0.29, 0.717) is 12.4 Å². The molecule has 0 bridgehead atoms. The molecule has 2 heterocycles. The predicted molar refractivity (Wildman–Crippen MR) is 67.9 cm³/mol. The zero-order valence-electron chi connectivity index (χ0n) is 9.70. The maximum Gasteiger partial charge on any atom is 0.277 e. The summed E-state index contributed by atoms with van der Waals surface area (Å²) in [6.07, 6.45) is 1.55. The maximum absolute atomic E-state index is 11.5. The molecule has 3 N–H and O–H groups in total. The molecule has 1 fully saturated rings. The topological polar surface area (TPSA) is 92.1 Å². The van der Waals surface area contributed by atoms with Gasteiger partial charge in [0.1, 0.15) is 5.82 Å². The van der Waals surface area contributed by atoms with Crippen LogP contribution in [0.25, 0.3) is 11.0 Å². The number of fused-ring (bicyclic) bond motifs is 1. The molecule has 0 saturated carbocycles. The fourth-order valence-corrected chi connectivity index (χ4v) is 3.39. The van der Waals surface area contributed by atoms with E-state index < -0.39 is 10.2 Å². The van der Waals surface area contributed by atoms with Gasteiger partial charge < -0.3 is 4.98 Å². The van der Waals surface area contributed by atoms with Crippen molar-refractivity contribution in [2.45, 2.75) is 18.9 Å². The number of para-hydroxylation sites is 2. The van der Waals surface area contributed by atoms with Crippen molar-refractivity contribution in [1.82, 2.24) is 14.3 Å². The van der Waals surface area contributed by atoms with Crippen molar-refractivity contribution < 1.29 is 8.42 Å². The lowest BCUT2D eigenvalue weighted by molar-refractivity contribution is 0.386. The third-order valence-electron chi connectivity index (χ3n) is 3.25. The van der Waals surface area contributed by atoms with Crippen LogP contribution >= 0.6 is 0 Å². The van der Waals surface area contributed by atoms with Crippen LogP contribution in [0.2, 0.25) is 0 Å². The minimum Gasteiger partial charge on any atom is -0.341 e. The molecule has 7 heteroatoms. The molecule has 1 aromatic carbocycles. The smallest absolute Gasteiger partial charge is 0.277 e. The fourth-order valence-electron chi connectivity index (χ4n) is 2.45. The first-order chi connectivity index (χ1) is 8.55. The van der Waals surface area contributed by atoms with E-state index in [0.717, 1.165) is 23.9 Å². The van der Waals surface area contributed by atoms with E-state index in [2.05, 4.69) is 9.97 Å². The van der Waals surface area contributed by atoms with Crippen molar-refractivity contribution in [2.24, 2.45) is 5.14 Å². The van der Waals surface area contributed by atoms with Crippen LogP contribution in [0.15, 0.2) is 24.3 Å². The molecule has 96 valence electrons. The van der Waals surface area contributed by atoms with Crippen molar-refractivity contribution >= 4 is 21.2 Å². The quantitative estimate of drug-likeness (QED) is 0.846. The van der Waals surface area contributed by atoms with Gasteiger partial charge in [-0.3, -0.25) is 0 Å². The van der Waals surface area contributed by atoms with Gasteiger partial charge in [-0.1, -0.05) is 12.1 Å². The molecule has 0 spiro atoms. The SMILES string of the molecule is NS(=O)(=O)N1CCC[C@H]1c1nc2ccccc2[nH]1. The van der Waals surface area contributed by atoms with E-state index in [4.69, 9.17) is 5.14 Å². The fraction of sp³-hybridized carbons (Fsp3) is 0.364.